The van der Waals surface area contributed by atoms with E-state index in [0.717, 1.165) is 18.8 Å². The van der Waals surface area contributed by atoms with Crippen LogP contribution in [0.2, 0.25) is 0 Å². The van der Waals surface area contributed by atoms with E-state index in [0.29, 0.717) is 16.3 Å². The third-order valence-corrected chi connectivity index (χ3v) is 2.93. The molecule has 0 spiro atoms. The van der Waals surface area contributed by atoms with Crippen LogP contribution in [0.15, 0.2) is 34.9 Å². The minimum atomic E-state index is 0.531. The van der Waals surface area contributed by atoms with Crippen molar-refractivity contribution in [1.82, 2.24) is 9.97 Å². The number of aryl methyl sites for hydroxylation is 1. The minimum absolute atomic E-state index is 0.531. The number of aromatic nitrogens is 2. The molecule has 0 amide bonds. The lowest BCUT2D eigenvalue weighted by atomic mass is 10.1. The highest BCUT2D eigenvalue weighted by Gasteiger charge is 2.03. The number of benzene rings is 1. The van der Waals surface area contributed by atoms with E-state index in [1.807, 2.05) is 31.2 Å². The first kappa shape index (κ1) is 14.0. The normalized spacial score (nSPS) is 10.5. The van der Waals surface area contributed by atoms with Crippen molar-refractivity contribution in [1.29, 1.82) is 0 Å². The third kappa shape index (κ3) is 4.29. The quantitative estimate of drug-likeness (QED) is 0.790. The Morgan fingerprint density at radius 1 is 1.16 bits per heavy atom. The first-order valence-corrected chi connectivity index (χ1v) is 6.73. The zero-order valence-corrected chi connectivity index (χ0v) is 12.5. The maximum absolute atomic E-state index is 5.69. The van der Waals surface area contributed by atoms with Crippen LogP contribution in [0.1, 0.15) is 11.4 Å². The second-order valence-electron chi connectivity index (χ2n) is 4.06. The van der Waals surface area contributed by atoms with E-state index in [1.165, 1.54) is 5.56 Å². The Morgan fingerprint density at radius 3 is 2.53 bits per heavy atom. The van der Waals surface area contributed by atoms with Crippen LogP contribution in [0.3, 0.4) is 0 Å². The van der Waals surface area contributed by atoms with Gasteiger partial charge in [0.05, 0.1) is 6.61 Å². The Labute approximate surface area is 120 Å². The molecule has 1 aromatic heterocycles. The maximum atomic E-state index is 5.69. The smallest absolute Gasteiger partial charge is 0.223 e. The van der Waals surface area contributed by atoms with Crippen molar-refractivity contribution >= 4 is 15.9 Å². The molecule has 1 aromatic carbocycles. The number of hydrogen-bond donors (Lipinski definition) is 0. The first-order chi connectivity index (χ1) is 9.17. The third-order valence-electron chi connectivity index (χ3n) is 2.52. The van der Waals surface area contributed by atoms with E-state index in [-0.39, 0.29) is 0 Å². The number of methoxy groups -OCH3 is 1. The molecule has 0 saturated heterocycles. The fraction of sp³-hybridized carbons (Fsp3) is 0.286. The van der Waals surface area contributed by atoms with Crippen molar-refractivity contribution in [2.75, 3.05) is 13.7 Å². The molecule has 4 nitrogen and oxygen atoms in total. The van der Waals surface area contributed by atoms with Crippen molar-refractivity contribution in [3.05, 3.63) is 46.3 Å². The molecule has 5 heteroatoms. The van der Waals surface area contributed by atoms with Crippen LogP contribution in [-0.4, -0.2) is 23.7 Å². The molecular formula is C14H15BrN2O2. The van der Waals surface area contributed by atoms with Gasteiger partial charge in [0.25, 0.3) is 0 Å². The Bertz CT molecular complexity index is 523. The zero-order valence-electron chi connectivity index (χ0n) is 10.9. The van der Waals surface area contributed by atoms with Crippen molar-refractivity contribution in [2.45, 2.75) is 13.3 Å². The molecule has 0 aliphatic heterocycles. The van der Waals surface area contributed by atoms with Crippen LogP contribution in [-0.2, 0) is 11.2 Å². The van der Waals surface area contributed by atoms with Gasteiger partial charge in [0.2, 0.25) is 5.88 Å². The first-order valence-electron chi connectivity index (χ1n) is 5.94. The largest absolute Gasteiger partial charge is 0.439 e. The lowest BCUT2D eigenvalue weighted by molar-refractivity contribution is 0.202. The fourth-order valence-electron chi connectivity index (χ4n) is 1.62. The molecule has 19 heavy (non-hydrogen) atoms. The molecule has 0 atom stereocenters. The van der Waals surface area contributed by atoms with Gasteiger partial charge >= 0.3 is 0 Å². The number of hydrogen-bond acceptors (Lipinski definition) is 4. The van der Waals surface area contributed by atoms with Crippen molar-refractivity contribution in [3.8, 4) is 11.6 Å². The molecular weight excluding hydrogens is 308 g/mol. The van der Waals surface area contributed by atoms with Crippen molar-refractivity contribution < 1.29 is 9.47 Å². The van der Waals surface area contributed by atoms with Gasteiger partial charge in [-0.2, -0.15) is 4.98 Å². The van der Waals surface area contributed by atoms with E-state index in [9.17, 15) is 0 Å². The average Bonchev–Trinajstić information content (AvgIpc) is 2.37. The molecule has 0 unspecified atom stereocenters. The van der Waals surface area contributed by atoms with E-state index in [4.69, 9.17) is 9.47 Å². The number of halogens is 1. The summed E-state index contributed by atoms with van der Waals surface area (Å²) in [7, 11) is 1.70. The Morgan fingerprint density at radius 2 is 1.89 bits per heavy atom. The van der Waals surface area contributed by atoms with Gasteiger partial charge in [-0.05, 0) is 47.0 Å². The molecule has 2 aromatic rings. The van der Waals surface area contributed by atoms with Crippen LogP contribution in [0.25, 0.3) is 0 Å². The van der Waals surface area contributed by atoms with Gasteiger partial charge < -0.3 is 9.47 Å². The summed E-state index contributed by atoms with van der Waals surface area (Å²) in [4.78, 5) is 8.35. The van der Waals surface area contributed by atoms with Crippen LogP contribution in [0.4, 0.5) is 0 Å². The zero-order chi connectivity index (χ0) is 13.7. The van der Waals surface area contributed by atoms with Gasteiger partial charge in [0.1, 0.15) is 16.2 Å². The Hall–Kier alpha value is -1.46. The monoisotopic (exact) mass is 322 g/mol. The van der Waals surface area contributed by atoms with Gasteiger partial charge in [-0.3, -0.25) is 0 Å². The SMILES string of the molecule is COCCc1ccc(Oc2cc(Br)nc(C)n2)cc1. The average molecular weight is 323 g/mol. The Balaban J connectivity index is 2.06. The summed E-state index contributed by atoms with van der Waals surface area (Å²) in [5.41, 5.74) is 1.22. The lowest BCUT2D eigenvalue weighted by Crippen LogP contribution is -1.95. The van der Waals surface area contributed by atoms with Crippen molar-refractivity contribution in [2.24, 2.45) is 0 Å². The summed E-state index contributed by atoms with van der Waals surface area (Å²) in [6.07, 6.45) is 0.898. The molecule has 0 bridgehead atoms. The topological polar surface area (TPSA) is 44.2 Å². The molecule has 100 valence electrons. The molecule has 0 aliphatic carbocycles. The van der Waals surface area contributed by atoms with Crippen LogP contribution in [0, 0.1) is 6.92 Å². The van der Waals surface area contributed by atoms with E-state index in [2.05, 4.69) is 25.9 Å². The van der Waals surface area contributed by atoms with E-state index >= 15 is 0 Å². The molecule has 0 aliphatic rings. The highest BCUT2D eigenvalue weighted by Crippen LogP contribution is 2.22. The number of rotatable bonds is 5. The van der Waals surface area contributed by atoms with Gasteiger partial charge in [-0.1, -0.05) is 12.1 Å². The highest BCUT2D eigenvalue weighted by atomic mass is 79.9. The maximum Gasteiger partial charge on any atom is 0.223 e. The molecule has 2 rings (SSSR count). The molecule has 1 heterocycles. The summed E-state index contributed by atoms with van der Waals surface area (Å²) in [5.74, 6) is 1.95. The molecule has 0 N–H and O–H groups in total. The minimum Gasteiger partial charge on any atom is -0.439 e. The van der Waals surface area contributed by atoms with Crippen LogP contribution < -0.4 is 4.74 Å². The predicted octanol–water partition coefficient (Wildman–Crippen LogP) is 3.53. The highest BCUT2D eigenvalue weighted by molar-refractivity contribution is 9.10. The van der Waals surface area contributed by atoms with Gasteiger partial charge in [-0.15, -0.1) is 0 Å². The molecule has 0 fully saturated rings. The summed E-state index contributed by atoms with van der Waals surface area (Å²) in [6.45, 7) is 2.55. The second kappa shape index (κ2) is 6.63. The van der Waals surface area contributed by atoms with Crippen molar-refractivity contribution in [3.63, 3.8) is 0 Å². The van der Waals surface area contributed by atoms with Crippen LogP contribution in [0.5, 0.6) is 11.6 Å². The van der Waals surface area contributed by atoms with Gasteiger partial charge in [0, 0.05) is 13.2 Å². The Kier molecular flexibility index (Phi) is 4.87. The standard InChI is InChI=1S/C14H15BrN2O2/c1-10-16-13(15)9-14(17-10)19-12-5-3-11(4-6-12)7-8-18-2/h3-6,9H,7-8H2,1-2H3. The number of nitrogens with zero attached hydrogens (tertiary/aromatic N) is 2. The summed E-state index contributed by atoms with van der Waals surface area (Å²) in [6, 6.07) is 9.65. The second-order valence-corrected chi connectivity index (χ2v) is 4.88. The molecule has 0 saturated carbocycles. The fourth-order valence-corrected chi connectivity index (χ4v) is 2.08. The summed E-state index contributed by atoms with van der Waals surface area (Å²) >= 11 is 3.32. The summed E-state index contributed by atoms with van der Waals surface area (Å²) in [5, 5.41) is 0. The van der Waals surface area contributed by atoms with E-state index < -0.39 is 0 Å². The molecule has 0 radical (unpaired) electrons. The summed E-state index contributed by atoms with van der Waals surface area (Å²) < 4.78 is 11.4. The van der Waals surface area contributed by atoms with Crippen LogP contribution >= 0.6 is 15.9 Å². The lowest BCUT2D eigenvalue weighted by Gasteiger charge is -2.07. The van der Waals surface area contributed by atoms with E-state index in [1.54, 1.807) is 13.2 Å². The van der Waals surface area contributed by atoms with Gasteiger partial charge in [0.15, 0.2) is 0 Å². The predicted molar refractivity (Wildman–Crippen MR) is 76.6 cm³/mol. The number of ether oxygens (including phenoxy) is 2. The van der Waals surface area contributed by atoms with Gasteiger partial charge in [-0.25, -0.2) is 4.98 Å².